The predicted molar refractivity (Wildman–Crippen MR) is 160 cm³/mol. The minimum absolute atomic E-state index is 0.0182. The molecule has 0 aliphatic carbocycles. The van der Waals surface area contributed by atoms with Crippen molar-refractivity contribution in [2.24, 2.45) is 0 Å². The summed E-state index contributed by atoms with van der Waals surface area (Å²) in [5.41, 5.74) is 0.974. The van der Waals surface area contributed by atoms with Crippen LogP contribution in [0.25, 0.3) is 0 Å². The first-order valence-electron chi connectivity index (χ1n) is 14.9. The molecular formula is C29H52O14S. The Kier molecular flexibility index (Phi) is 28.1. The molecule has 0 saturated heterocycles. The van der Waals surface area contributed by atoms with E-state index in [4.69, 9.17) is 56.7 Å². The second kappa shape index (κ2) is 30.3. The molecule has 14 nitrogen and oxygen atoms in total. The Morgan fingerprint density at radius 2 is 0.682 bits per heavy atom. The van der Waals surface area contributed by atoms with Gasteiger partial charge < -0.3 is 52.5 Å². The van der Waals surface area contributed by atoms with Crippen LogP contribution in [0.3, 0.4) is 0 Å². The largest absolute Gasteiger partial charge is 0.394 e. The summed E-state index contributed by atoms with van der Waals surface area (Å²) in [5, 5.41) is 8.57. The smallest absolute Gasteiger partial charge is 0.297 e. The van der Waals surface area contributed by atoms with E-state index in [-0.39, 0.29) is 24.7 Å². The van der Waals surface area contributed by atoms with E-state index >= 15 is 0 Å². The fourth-order valence-electron chi connectivity index (χ4n) is 3.12. The van der Waals surface area contributed by atoms with E-state index in [1.165, 1.54) is 12.1 Å². The van der Waals surface area contributed by atoms with E-state index in [0.717, 1.165) is 5.56 Å². The summed E-state index contributed by atoms with van der Waals surface area (Å²) >= 11 is 0. The number of aliphatic hydroxyl groups excluding tert-OH is 1. The molecule has 1 N–H and O–H groups in total. The Balaban J connectivity index is 1.69. The number of aliphatic hydroxyl groups is 1. The lowest BCUT2D eigenvalue weighted by atomic mass is 10.2. The van der Waals surface area contributed by atoms with E-state index in [1.807, 2.05) is 6.92 Å². The Labute approximate surface area is 262 Å². The van der Waals surface area contributed by atoms with Gasteiger partial charge in [0.1, 0.15) is 0 Å². The molecule has 15 heteroatoms. The van der Waals surface area contributed by atoms with Gasteiger partial charge in [-0.1, -0.05) is 17.7 Å². The quantitative estimate of drug-likeness (QED) is 0.0823. The molecule has 0 aromatic heterocycles. The van der Waals surface area contributed by atoms with Crippen LogP contribution in [0, 0.1) is 6.92 Å². The third-order valence-corrected chi connectivity index (χ3v) is 6.69. The highest BCUT2D eigenvalue weighted by molar-refractivity contribution is 7.86. The first kappa shape index (κ1) is 40.7. The summed E-state index contributed by atoms with van der Waals surface area (Å²) in [6.07, 6.45) is 0. The predicted octanol–water partition coefficient (Wildman–Crippen LogP) is 0.859. The van der Waals surface area contributed by atoms with E-state index in [0.29, 0.717) is 126 Å². The zero-order chi connectivity index (χ0) is 31.8. The Morgan fingerprint density at radius 3 is 0.955 bits per heavy atom. The lowest BCUT2D eigenvalue weighted by Gasteiger charge is -2.09. The summed E-state index contributed by atoms with van der Waals surface area (Å²) in [7, 11) is -3.77. The van der Waals surface area contributed by atoms with Gasteiger partial charge in [0.05, 0.1) is 150 Å². The van der Waals surface area contributed by atoms with Crippen LogP contribution in [0.4, 0.5) is 0 Å². The molecule has 0 fully saturated rings. The van der Waals surface area contributed by atoms with E-state index in [9.17, 15) is 8.42 Å². The molecule has 0 aliphatic heterocycles. The standard InChI is InChI=1S/C29H52O14S/c1-28-2-4-29(5-3-28)44(31,32)43-27-26-42-25-24-41-23-22-40-21-20-39-19-18-38-17-16-37-15-14-36-13-12-35-11-10-34-9-8-33-7-6-30/h2-5,30H,6-27H2,1H3. The van der Waals surface area contributed by atoms with Crippen LogP contribution >= 0.6 is 0 Å². The Hall–Kier alpha value is -1.31. The molecule has 1 aromatic carbocycles. The minimum atomic E-state index is -3.77. The molecule has 1 rings (SSSR count). The molecule has 0 bridgehead atoms. The average molecular weight is 657 g/mol. The van der Waals surface area contributed by atoms with Gasteiger partial charge in [0.15, 0.2) is 0 Å². The van der Waals surface area contributed by atoms with Crippen molar-refractivity contribution in [2.75, 3.05) is 145 Å². The van der Waals surface area contributed by atoms with Crippen LogP contribution in [-0.4, -0.2) is 159 Å². The number of hydrogen-bond acceptors (Lipinski definition) is 14. The van der Waals surface area contributed by atoms with E-state index in [1.54, 1.807) is 12.1 Å². The van der Waals surface area contributed by atoms with Crippen molar-refractivity contribution in [3.05, 3.63) is 29.8 Å². The van der Waals surface area contributed by atoms with Crippen LogP contribution in [0.2, 0.25) is 0 Å². The number of hydrogen-bond donors (Lipinski definition) is 1. The van der Waals surface area contributed by atoms with Crippen molar-refractivity contribution in [2.45, 2.75) is 11.8 Å². The molecule has 0 aliphatic rings. The normalized spacial score (nSPS) is 11.9. The molecule has 0 spiro atoms. The van der Waals surface area contributed by atoms with Gasteiger partial charge in [-0.3, -0.25) is 4.18 Å². The van der Waals surface area contributed by atoms with Crippen LogP contribution in [-0.2, 0) is 61.7 Å². The maximum Gasteiger partial charge on any atom is 0.297 e. The summed E-state index contributed by atoms with van der Waals surface area (Å²) in [6.45, 7) is 10.6. The average Bonchev–Trinajstić information content (AvgIpc) is 3.02. The SMILES string of the molecule is Cc1ccc(S(=O)(=O)OCCOCCOCCOCCOCCOCCOCCOCCOCCOCCOCCO)cc1. The fraction of sp³-hybridized carbons (Fsp3) is 0.793. The van der Waals surface area contributed by atoms with Crippen molar-refractivity contribution in [1.82, 2.24) is 0 Å². The van der Waals surface area contributed by atoms with Gasteiger partial charge in [-0.05, 0) is 19.1 Å². The second-order valence-corrected chi connectivity index (χ2v) is 10.6. The molecule has 0 heterocycles. The van der Waals surface area contributed by atoms with Gasteiger partial charge in [-0.15, -0.1) is 0 Å². The fourth-order valence-corrected chi connectivity index (χ4v) is 4.01. The molecule has 0 radical (unpaired) electrons. The molecule has 44 heavy (non-hydrogen) atoms. The lowest BCUT2D eigenvalue weighted by Crippen LogP contribution is -2.15. The Bertz CT molecular complexity index is 841. The summed E-state index contributed by atoms with van der Waals surface area (Å²) in [5.74, 6) is 0. The van der Waals surface area contributed by atoms with Crippen LogP contribution in [0.5, 0.6) is 0 Å². The van der Waals surface area contributed by atoms with E-state index < -0.39 is 10.1 Å². The van der Waals surface area contributed by atoms with Gasteiger partial charge in [-0.2, -0.15) is 8.42 Å². The van der Waals surface area contributed by atoms with Gasteiger partial charge >= 0.3 is 0 Å². The van der Waals surface area contributed by atoms with Gasteiger partial charge in [-0.25, -0.2) is 0 Å². The highest BCUT2D eigenvalue weighted by atomic mass is 32.2. The van der Waals surface area contributed by atoms with Crippen molar-refractivity contribution in [1.29, 1.82) is 0 Å². The zero-order valence-electron chi connectivity index (χ0n) is 26.0. The molecular weight excluding hydrogens is 604 g/mol. The maximum atomic E-state index is 12.1. The van der Waals surface area contributed by atoms with Gasteiger partial charge in [0.2, 0.25) is 0 Å². The van der Waals surface area contributed by atoms with Gasteiger partial charge in [0.25, 0.3) is 10.1 Å². The van der Waals surface area contributed by atoms with Crippen LogP contribution in [0.15, 0.2) is 29.2 Å². The first-order chi connectivity index (χ1) is 21.6. The molecule has 0 atom stereocenters. The van der Waals surface area contributed by atoms with Crippen molar-refractivity contribution < 1.29 is 65.1 Å². The summed E-state index contributed by atoms with van der Waals surface area (Å²) in [4.78, 5) is 0.126. The molecule has 1 aromatic rings. The molecule has 0 amide bonds. The maximum absolute atomic E-state index is 12.1. The van der Waals surface area contributed by atoms with Crippen molar-refractivity contribution >= 4 is 10.1 Å². The zero-order valence-corrected chi connectivity index (χ0v) is 26.8. The highest BCUT2D eigenvalue weighted by Gasteiger charge is 2.14. The lowest BCUT2D eigenvalue weighted by molar-refractivity contribution is -0.0270. The third-order valence-electron chi connectivity index (χ3n) is 5.36. The monoisotopic (exact) mass is 656 g/mol. The molecule has 0 unspecified atom stereocenters. The molecule has 258 valence electrons. The number of rotatable bonds is 34. The van der Waals surface area contributed by atoms with Crippen LogP contribution in [0.1, 0.15) is 5.56 Å². The summed E-state index contributed by atoms with van der Waals surface area (Å²) < 4.78 is 82.8. The molecule has 0 saturated carbocycles. The Morgan fingerprint density at radius 1 is 0.432 bits per heavy atom. The van der Waals surface area contributed by atoms with Gasteiger partial charge in [0, 0.05) is 0 Å². The number of aryl methyl sites for hydroxylation is 1. The van der Waals surface area contributed by atoms with Crippen molar-refractivity contribution in [3.63, 3.8) is 0 Å². The number of ether oxygens (including phenoxy) is 10. The topological polar surface area (TPSA) is 156 Å². The number of benzene rings is 1. The minimum Gasteiger partial charge on any atom is -0.394 e. The third kappa shape index (κ3) is 26.0. The second-order valence-electron chi connectivity index (χ2n) is 8.94. The first-order valence-corrected chi connectivity index (χ1v) is 16.3. The van der Waals surface area contributed by atoms with Crippen molar-refractivity contribution in [3.8, 4) is 0 Å². The van der Waals surface area contributed by atoms with E-state index in [2.05, 4.69) is 0 Å². The summed E-state index contributed by atoms with van der Waals surface area (Å²) in [6, 6.07) is 6.47. The highest BCUT2D eigenvalue weighted by Crippen LogP contribution is 2.12. The van der Waals surface area contributed by atoms with Crippen LogP contribution < -0.4 is 0 Å².